The van der Waals surface area contributed by atoms with Gasteiger partial charge in [-0.1, -0.05) is 30.3 Å². The van der Waals surface area contributed by atoms with Gasteiger partial charge in [-0.2, -0.15) is 5.26 Å². The Hall–Kier alpha value is -3.58. The molecule has 0 saturated heterocycles. The highest BCUT2D eigenvalue weighted by atomic mass is 15.0. The number of allylic oxidation sites excluding steroid dienone is 1. The second kappa shape index (κ2) is 5.90. The van der Waals surface area contributed by atoms with Crippen LogP contribution >= 0.6 is 0 Å². The van der Waals surface area contributed by atoms with Gasteiger partial charge in [0.25, 0.3) is 0 Å². The highest BCUT2D eigenvalue weighted by Crippen LogP contribution is 2.21. The van der Waals surface area contributed by atoms with Crippen molar-refractivity contribution in [1.82, 2.24) is 14.5 Å². The van der Waals surface area contributed by atoms with Crippen LogP contribution in [0, 0.1) is 11.3 Å². The number of para-hydroxylation sites is 3. The number of imidazole rings is 1. The zero-order valence-corrected chi connectivity index (χ0v) is 12.8. The first-order chi connectivity index (χ1) is 11.8. The molecule has 0 amide bonds. The van der Waals surface area contributed by atoms with Crippen molar-refractivity contribution in [2.24, 2.45) is 0 Å². The average molecular weight is 310 g/mol. The molecule has 0 fully saturated rings. The minimum Gasteiger partial charge on any atom is -0.337 e. The van der Waals surface area contributed by atoms with Gasteiger partial charge in [0.1, 0.15) is 11.9 Å². The number of hydrogen-bond donors (Lipinski definition) is 1. The molecule has 4 heteroatoms. The molecule has 0 aliphatic heterocycles. The third-order valence-corrected chi connectivity index (χ3v) is 3.87. The Kier molecular flexibility index (Phi) is 3.45. The molecule has 2 aromatic carbocycles. The third-order valence-electron chi connectivity index (χ3n) is 3.87. The van der Waals surface area contributed by atoms with Crippen molar-refractivity contribution in [3.8, 4) is 11.8 Å². The first-order valence-corrected chi connectivity index (χ1v) is 7.65. The van der Waals surface area contributed by atoms with Gasteiger partial charge >= 0.3 is 0 Å². The van der Waals surface area contributed by atoms with E-state index in [-0.39, 0.29) is 0 Å². The van der Waals surface area contributed by atoms with Gasteiger partial charge in [-0.15, -0.1) is 0 Å². The minimum absolute atomic E-state index is 0.502. The Labute approximate surface area is 139 Å². The summed E-state index contributed by atoms with van der Waals surface area (Å²) < 4.78 is 2.04. The van der Waals surface area contributed by atoms with E-state index in [1.807, 2.05) is 83.6 Å². The second-order valence-corrected chi connectivity index (χ2v) is 5.41. The van der Waals surface area contributed by atoms with Gasteiger partial charge in [0.15, 0.2) is 0 Å². The molecule has 2 aromatic heterocycles. The normalized spacial score (nSPS) is 11.5. The van der Waals surface area contributed by atoms with Crippen molar-refractivity contribution < 1.29 is 0 Å². The van der Waals surface area contributed by atoms with Crippen LogP contribution in [0.4, 0.5) is 0 Å². The molecule has 0 aliphatic rings. The number of benzene rings is 2. The van der Waals surface area contributed by atoms with Crippen LogP contribution in [0.25, 0.3) is 28.4 Å². The molecule has 0 saturated carbocycles. The van der Waals surface area contributed by atoms with E-state index >= 15 is 0 Å². The lowest BCUT2D eigenvalue weighted by molar-refractivity contribution is 1.06. The summed E-state index contributed by atoms with van der Waals surface area (Å²) in [5, 5.41) is 9.58. The van der Waals surface area contributed by atoms with Gasteiger partial charge in [-0.3, -0.25) is 0 Å². The maximum atomic E-state index is 9.58. The smallest absolute Gasteiger partial charge is 0.149 e. The van der Waals surface area contributed by atoms with Crippen LogP contribution in [0.1, 0.15) is 11.5 Å². The first-order valence-electron chi connectivity index (χ1n) is 7.65. The summed E-state index contributed by atoms with van der Waals surface area (Å²) >= 11 is 0. The van der Waals surface area contributed by atoms with E-state index in [2.05, 4.69) is 16.0 Å². The highest BCUT2D eigenvalue weighted by Gasteiger charge is 2.09. The summed E-state index contributed by atoms with van der Waals surface area (Å²) in [5.41, 5.74) is 4.26. The van der Waals surface area contributed by atoms with Crippen molar-refractivity contribution in [2.75, 3.05) is 0 Å². The van der Waals surface area contributed by atoms with Crippen molar-refractivity contribution >= 4 is 22.7 Å². The Balaban J connectivity index is 1.79. The van der Waals surface area contributed by atoms with Crippen molar-refractivity contribution in [3.63, 3.8) is 0 Å². The number of rotatable bonds is 3. The Morgan fingerprint density at radius 1 is 1.00 bits per heavy atom. The summed E-state index contributed by atoms with van der Waals surface area (Å²) in [6.45, 7) is 0. The summed E-state index contributed by atoms with van der Waals surface area (Å²) in [7, 11) is 0. The number of nitriles is 1. The second-order valence-electron chi connectivity index (χ2n) is 5.41. The lowest BCUT2D eigenvalue weighted by atomic mass is 10.2. The molecule has 0 bridgehead atoms. The minimum atomic E-state index is 0.502. The molecule has 24 heavy (non-hydrogen) atoms. The molecule has 0 atom stereocenters. The maximum Gasteiger partial charge on any atom is 0.149 e. The summed E-state index contributed by atoms with van der Waals surface area (Å²) in [6, 6.07) is 24.0. The van der Waals surface area contributed by atoms with Crippen molar-refractivity contribution in [1.29, 1.82) is 5.26 Å². The average Bonchev–Trinajstić information content (AvgIpc) is 3.26. The standard InChI is InChI=1S/C20H14N4/c21-14-15(20-22-18-10-4-5-11-19(18)23-20)13-17-9-6-12-24(17)16-7-2-1-3-8-16/h1-13H,(H,22,23)/b15-13-. The first kappa shape index (κ1) is 14.0. The number of hydrogen-bond acceptors (Lipinski definition) is 2. The van der Waals surface area contributed by atoms with Crippen LogP contribution in [0.5, 0.6) is 0 Å². The predicted molar refractivity (Wildman–Crippen MR) is 95.3 cm³/mol. The number of aromatic nitrogens is 3. The maximum absolute atomic E-state index is 9.58. The lowest BCUT2D eigenvalue weighted by Crippen LogP contribution is -1.95. The quantitative estimate of drug-likeness (QED) is 0.569. The van der Waals surface area contributed by atoms with Crippen LogP contribution in [-0.4, -0.2) is 14.5 Å². The summed E-state index contributed by atoms with van der Waals surface area (Å²) in [4.78, 5) is 7.72. The molecule has 0 radical (unpaired) electrons. The van der Waals surface area contributed by atoms with Gasteiger partial charge in [-0.25, -0.2) is 4.98 Å². The van der Waals surface area contributed by atoms with Gasteiger partial charge in [0.05, 0.1) is 16.6 Å². The van der Waals surface area contributed by atoms with Crippen LogP contribution in [0.3, 0.4) is 0 Å². The Bertz CT molecular complexity index is 1030. The molecule has 0 aliphatic carbocycles. The molecule has 2 heterocycles. The number of fused-ring (bicyclic) bond motifs is 1. The van der Waals surface area contributed by atoms with Crippen LogP contribution < -0.4 is 0 Å². The number of nitrogens with one attached hydrogen (secondary N) is 1. The molecule has 114 valence electrons. The van der Waals surface area contributed by atoms with Crippen LogP contribution in [0.2, 0.25) is 0 Å². The summed E-state index contributed by atoms with van der Waals surface area (Å²) in [6.07, 6.45) is 3.83. The molecule has 4 rings (SSSR count). The zero-order chi connectivity index (χ0) is 16.4. The largest absolute Gasteiger partial charge is 0.337 e. The fourth-order valence-electron chi connectivity index (χ4n) is 2.72. The van der Waals surface area contributed by atoms with E-state index in [1.54, 1.807) is 0 Å². The Morgan fingerprint density at radius 3 is 2.58 bits per heavy atom. The van der Waals surface area contributed by atoms with E-state index < -0.39 is 0 Å². The SMILES string of the molecule is N#C/C(=C/c1cccn1-c1ccccc1)c1nc2ccccc2[nH]1. The van der Waals surface area contributed by atoms with Crippen LogP contribution in [0.15, 0.2) is 72.9 Å². The molecular formula is C20H14N4. The van der Waals surface area contributed by atoms with E-state index in [4.69, 9.17) is 0 Å². The third kappa shape index (κ3) is 2.49. The number of nitrogens with zero attached hydrogens (tertiary/aromatic N) is 3. The molecule has 4 nitrogen and oxygen atoms in total. The van der Waals surface area contributed by atoms with Crippen molar-refractivity contribution in [2.45, 2.75) is 0 Å². The lowest BCUT2D eigenvalue weighted by Gasteiger charge is -2.06. The van der Waals surface area contributed by atoms with E-state index in [9.17, 15) is 5.26 Å². The van der Waals surface area contributed by atoms with Crippen LogP contribution in [-0.2, 0) is 0 Å². The topological polar surface area (TPSA) is 57.4 Å². The zero-order valence-electron chi connectivity index (χ0n) is 12.8. The summed E-state index contributed by atoms with van der Waals surface area (Å²) in [5.74, 6) is 0.583. The molecule has 0 unspecified atom stereocenters. The van der Waals surface area contributed by atoms with E-state index in [0.29, 0.717) is 11.4 Å². The van der Waals surface area contributed by atoms with Gasteiger partial charge in [-0.05, 0) is 42.5 Å². The van der Waals surface area contributed by atoms with Gasteiger partial charge in [0, 0.05) is 17.6 Å². The fourth-order valence-corrected chi connectivity index (χ4v) is 2.72. The Morgan fingerprint density at radius 2 is 1.79 bits per heavy atom. The van der Waals surface area contributed by atoms with E-state index in [0.717, 1.165) is 22.4 Å². The monoisotopic (exact) mass is 310 g/mol. The molecular weight excluding hydrogens is 296 g/mol. The predicted octanol–water partition coefficient (Wildman–Crippen LogP) is 4.42. The molecule has 1 N–H and O–H groups in total. The van der Waals surface area contributed by atoms with Gasteiger partial charge in [0.2, 0.25) is 0 Å². The molecule has 4 aromatic rings. The van der Waals surface area contributed by atoms with Gasteiger partial charge < -0.3 is 9.55 Å². The fraction of sp³-hybridized carbons (Fsp3) is 0. The molecule has 0 spiro atoms. The highest BCUT2D eigenvalue weighted by molar-refractivity contribution is 5.90. The number of aromatic amines is 1. The van der Waals surface area contributed by atoms with Crippen molar-refractivity contribution in [3.05, 3.63) is 84.4 Å². The number of H-pyrrole nitrogens is 1. The van der Waals surface area contributed by atoms with E-state index in [1.165, 1.54) is 0 Å².